The summed E-state index contributed by atoms with van der Waals surface area (Å²) in [5, 5.41) is 14.9. The molecule has 0 aliphatic carbocycles. The second kappa shape index (κ2) is 5.87. The van der Waals surface area contributed by atoms with Gasteiger partial charge in [0, 0.05) is 10.8 Å². The highest BCUT2D eigenvalue weighted by atomic mass is 16.5. The molecule has 1 N–H and O–H groups in total. The maximum absolute atomic E-state index is 10.2. The molecule has 1 heterocycles. The molecule has 0 spiro atoms. The lowest BCUT2D eigenvalue weighted by molar-refractivity contribution is -0.0893. The fraction of sp³-hybridized carbons (Fsp3) is 0.273. The summed E-state index contributed by atoms with van der Waals surface area (Å²) in [6.45, 7) is 7.23. The molecule has 0 saturated heterocycles. The number of hydrogen-bond donors (Lipinski definition) is 1. The Labute approximate surface area is 153 Å². The molecule has 131 valence electrons. The van der Waals surface area contributed by atoms with E-state index in [1.54, 1.807) is 21.3 Å². The zero-order chi connectivity index (χ0) is 18.5. The quantitative estimate of drug-likeness (QED) is 0.552. The standard InChI is InChI=1S/C22H22BO3/c1-21(2,24)22(3,4)26-23-15-10-11-17-19(13-15)25-18-12-9-14-7-5-6-8-16(14)20(17)18/h5-13,24H,1-4H3. The number of aliphatic hydroxyl groups is 1. The van der Waals surface area contributed by atoms with Crippen LogP contribution in [0.1, 0.15) is 27.7 Å². The second-order valence-corrected chi connectivity index (χ2v) is 7.82. The molecule has 0 aliphatic rings. The maximum atomic E-state index is 10.2. The Kier molecular flexibility index (Phi) is 3.87. The van der Waals surface area contributed by atoms with Gasteiger partial charge in [-0.1, -0.05) is 42.5 Å². The van der Waals surface area contributed by atoms with Gasteiger partial charge in [-0.15, -0.1) is 0 Å². The molecule has 0 amide bonds. The smallest absolute Gasteiger partial charge is 0.331 e. The van der Waals surface area contributed by atoms with Crippen molar-refractivity contribution in [2.24, 2.45) is 0 Å². The first-order valence-corrected chi connectivity index (χ1v) is 8.84. The maximum Gasteiger partial charge on any atom is 0.331 e. The fourth-order valence-corrected chi connectivity index (χ4v) is 3.00. The molecule has 3 aromatic carbocycles. The molecule has 4 rings (SSSR count). The second-order valence-electron chi connectivity index (χ2n) is 7.82. The summed E-state index contributed by atoms with van der Waals surface area (Å²) in [7, 11) is 1.68. The number of fused-ring (bicyclic) bond motifs is 5. The van der Waals surface area contributed by atoms with E-state index in [1.165, 1.54) is 10.8 Å². The van der Waals surface area contributed by atoms with Gasteiger partial charge in [0.1, 0.15) is 11.2 Å². The van der Waals surface area contributed by atoms with Gasteiger partial charge in [0.15, 0.2) is 0 Å². The van der Waals surface area contributed by atoms with Crippen LogP contribution in [0.3, 0.4) is 0 Å². The van der Waals surface area contributed by atoms with Crippen molar-refractivity contribution in [1.29, 1.82) is 0 Å². The summed E-state index contributed by atoms with van der Waals surface area (Å²) in [5.74, 6) is 0. The summed E-state index contributed by atoms with van der Waals surface area (Å²) in [4.78, 5) is 0. The van der Waals surface area contributed by atoms with Gasteiger partial charge in [0.05, 0.1) is 11.2 Å². The number of benzene rings is 3. The Morgan fingerprint density at radius 2 is 1.65 bits per heavy atom. The molecule has 0 aliphatic heterocycles. The summed E-state index contributed by atoms with van der Waals surface area (Å²) in [6, 6.07) is 18.5. The highest BCUT2D eigenvalue weighted by Gasteiger charge is 2.35. The summed E-state index contributed by atoms with van der Waals surface area (Å²) >= 11 is 0. The van der Waals surface area contributed by atoms with Crippen LogP contribution >= 0.6 is 0 Å². The van der Waals surface area contributed by atoms with Gasteiger partial charge in [-0.05, 0) is 56.1 Å². The molecule has 0 fully saturated rings. The minimum atomic E-state index is -0.953. The van der Waals surface area contributed by atoms with Gasteiger partial charge in [-0.25, -0.2) is 0 Å². The van der Waals surface area contributed by atoms with Gasteiger partial charge >= 0.3 is 7.48 Å². The monoisotopic (exact) mass is 345 g/mol. The van der Waals surface area contributed by atoms with Crippen molar-refractivity contribution in [3.8, 4) is 0 Å². The molecular weight excluding hydrogens is 323 g/mol. The molecule has 1 radical (unpaired) electrons. The van der Waals surface area contributed by atoms with Crippen LogP contribution in [0, 0.1) is 0 Å². The van der Waals surface area contributed by atoms with Crippen molar-refractivity contribution in [1.82, 2.24) is 0 Å². The van der Waals surface area contributed by atoms with Crippen molar-refractivity contribution in [3.05, 3.63) is 54.6 Å². The molecule has 1 aromatic heterocycles. The van der Waals surface area contributed by atoms with Gasteiger partial charge in [-0.2, -0.15) is 0 Å². The molecule has 4 aromatic rings. The molecule has 26 heavy (non-hydrogen) atoms. The number of hydrogen-bond acceptors (Lipinski definition) is 3. The minimum absolute atomic E-state index is 0.702. The van der Waals surface area contributed by atoms with Gasteiger partial charge in [0.25, 0.3) is 0 Å². The van der Waals surface area contributed by atoms with E-state index in [9.17, 15) is 5.11 Å². The Morgan fingerprint density at radius 3 is 2.42 bits per heavy atom. The van der Waals surface area contributed by atoms with Gasteiger partial charge in [-0.3, -0.25) is 0 Å². The van der Waals surface area contributed by atoms with Crippen LogP contribution in [-0.2, 0) is 4.65 Å². The highest BCUT2D eigenvalue weighted by Crippen LogP contribution is 2.34. The number of rotatable bonds is 4. The molecule has 0 saturated carbocycles. The lowest BCUT2D eigenvalue weighted by atomic mass is 9.82. The number of furan rings is 1. The van der Waals surface area contributed by atoms with Crippen molar-refractivity contribution in [2.45, 2.75) is 38.9 Å². The molecule has 4 heteroatoms. The summed E-state index contributed by atoms with van der Waals surface area (Å²) in [5.41, 5.74) is 0.958. The lowest BCUT2D eigenvalue weighted by Gasteiger charge is -2.37. The normalized spacial score (nSPS) is 13.0. The third-order valence-corrected chi connectivity index (χ3v) is 5.35. The largest absolute Gasteiger partial charge is 0.456 e. The molecule has 0 atom stereocenters. The highest BCUT2D eigenvalue weighted by molar-refractivity contribution is 6.47. The van der Waals surface area contributed by atoms with Gasteiger partial charge < -0.3 is 14.2 Å². The van der Waals surface area contributed by atoms with Crippen LogP contribution in [0.5, 0.6) is 0 Å². The van der Waals surface area contributed by atoms with Crippen molar-refractivity contribution in [2.75, 3.05) is 0 Å². The SMILES string of the molecule is CC(C)(O)C(C)(C)O[B]c1ccc2c(c1)oc1ccc3ccccc3c12. The minimum Gasteiger partial charge on any atom is -0.456 e. The molecular formula is C22H22BO3. The average Bonchev–Trinajstić information content (AvgIpc) is 2.97. The van der Waals surface area contributed by atoms with E-state index in [4.69, 9.17) is 9.07 Å². The van der Waals surface area contributed by atoms with Crippen LogP contribution < -0.4 is 5.46 Å². The van der Waals surface area contributed by atoms with E-state index in [-0.39, 0.29) is 0 Å². The molecule has 0 unspecified atom stereocenters. The van der Waals surface area contributed by atoms with E-state index in [1.807, 2.05) is 38.1 Å². The Balaban J connectivity index is 1.74. The van der Waals surface area contributed by atoms with Gasteiger partial charge in [0.2, 0.25) is 0 Å². The van der Waals surface area contributed by atoms with Crippen molar-refractivity contribution < 1.29 is 14.2 Å². The average molecular weight is 345 g/mol. The third kappa shape index (κ3) is 2.79. The summed E-state index contributed by atoms with van der Waals surface area (Å²) < 4.78 is 11.9. The Bertz CT molecular complexity index is 1100. The van der Waals surface area contributed by atoms with E-state index >= 15 is 0 Å². The van der Waals surface area contributed by atoms with E-state index < -0.39 is 11.2 Å². The zero-order valence-electron chi connectivity index (χ0n) is 15.5. The van der Waals surface area contributed by atoms with E-state index in [0.717, 1.165) is 27.4 Å². The first-order valence-electron chi connectivity index (χ1n) is 8.84. The predicted octanol–water partition coefficient (Wildman–Crippen LogP) is 4.55. The lowest BCUT2D eigenvalue weighted by Crippen LogP contribution is -2.49. The van der Waals surface area contributed by atoms with Crippen molar-refractivity contribution >= 4 is 45.7 Å². The van der Waals surface area contributed by atoms with Crippen LogP contribution in [0.2, 0.25) is 0 Å². The fourth-order valence-electron chi connectivity index (χ4n) is 3.00. The predicted molar refractivity (Wildman–Crippen MR) is 108 cm³/mol. The van der Waals surface area contributed by atoms with E-state index in [0.29, 0.717) is 0 Å². The van der Waals surface area contributed by atoms with Crippen LogP contribution in [0.15, 0.2) is 59.0 Å². The first kappa shape index (κ1) is 17.1. The third-order valence-electron chi connectivity index (χ3n) is 5.35. The van der Waals surface area contributed by atoms with Crippen LogP contribution in [0.4, 0.5) is 0 Å². The topological polar surface area (TPSA) is 42.6 Å². The molecule has 3 nitrogen and oxygen atoms in total. The Hall–Kier alpha value is -2.30. The van der Waals surface area contributed by atoms with Crippen molar-refractivity contribution in [3.63, 3.8) is 0 Å². The molecule has 0 bridgehead atoms. The first-order chi connectivity index (χ1) is 12.3. The zero-order valence-corrected chi connectivity index (χ0v) is 15.5. The van der Waals surface area contributed by atoms with Crippen LogP contribution in [0.25, 0.3) is 32.7 Å². The van der Waals surface area contributed by atoms with E-state index in [2.05, 4.69) is 30.3 Å². The van der Waals surface area contributed by atoms with Crippen LogP contribution in [-0.4, -0.2) is 23.8 Å². The summed E-state index contributed by atoms with van der Waals surface area (Å²) in [6.07, 6.45) is 0. The Morgan fingerprint density at radius 1 is 0.885 bits per heavy atom.